The first-order valence-electron chi connectivity index (χ1n) is 14.0. The zero-order valence-electron chi connectivity index (χ0n) is 23.5. The molecule has 2 aliphatic rings. The van der Waals surface area contributed by atoms with E-state index in [2.05, 4.69) is 0 Å². The molecule has 14 heteroatoms. The normalized spacial score (nSPS) is 21.8. The Bertz CT molecular complexity index is 1320. The number of ether oxygens (including phenoxy) is 2. The Balaban J connectivity index is 1.71. The first-order chi connectivity index (χ1) is 20.1. The van der Waals surface area contributed by atoms with Gasteiger partial charge in [0.25, 0.3) is 15.7 Å². The number of aliphatic hydroxyl groups is 1. The molecule has 0 spiro atoms. The lowest BCUT2D eigenvalue weighted by Crippen LogP contribution is -2.57. The summed E-state index contributed by atoms with van der Waals surface area (Å²) in [6, 6.07) is 11.8. The Morgan fingerprint density at radius 3 is 2.50 bits per heavy atom. The van der Waals surface area contributed by atoms with Gasteiger partial charge >= 0.3 is 6.09 Å². The highest BCUT2D eigenvalue weighted by molar-refractivity contribution is 7.89. The number of hydroxylamine groups is 1. The molecule has 2 aromatic rings. The van der Waals surface area contributed by atoms with Crippen molar-refractivity contribution >= 4 is 21.8 Å². The van der Waals surface area contributed by atoms with Crippen LogP contribution < -0.4 is 0 Å². The fourth-order valence-electron chi connectivity index (χ4n) is 5.49. The second kappa shape index (κ2) is 13.9. The molecule has 2 N–H and O–H groups in total. The number of nitro benzene ring substituents is 1. The number of hydrogen-bond acceptors (Lipinski definition) is 9. The standard InChI is InChI=1S/C28H37N3O10S/c1-3-21(4-2)41-29(42(37,38)22-12-8-11-20(16-22)31(35)36)17-26(32)24(15-19-9-6-5-7-10-19)30(28(33)34)25-18-40-27-23(25)13-14-39-27/h5-12,16,21,23-27,32H,3-4,13-15,17-18H2,1-2H3,(H,33,34)/t23-,24-,25-,26+,27+/m0/s1. The van der Waals surface area contributed by atoms with Gasteiger partial charge in [-0.3, -0.25) is 19.9 Å². The summed E-state index contributed by atoms with van der Waals surface area (Å²) in [5.74, 6) is -0.239. The summed E-state index contributed by atoms with van der Waals surface area (Å²) in [5, 5.41) is 33.5. The molecule has 42 heavy (non-hydrogen) atoms. The van der Waals surface area contributed by atoms with Gasteiger partial charge in [0.15, 0.2) is 6.29 Å². The van der Waals surface area contributed by atoms with Gasteiger partial charge in [-0.15, -0.1) is 0 Å². The predicted molar refractivity (Wildman–Crippen MR) is 150 cm³/mol. The van der Waals surface area contributed by atoms with Gasteiger partial charge < -0.3 is 19.7 Å². The van der Waals surface area contributed by atoms with Crippen molar-refractivity contribution in [1.82, 2.24) is 9.37 Å². The maximum Gasteiger partial charge on any atom is 0.407 e. The highest BCUT2D eigenvalue weighted by Crippen LogP contribution is 2.36. The minimum absolute atomic E-state index is 0.0690. The molecule has 2 heterocycles. The van der Waals surface area contributed by atoms with Gasteiger partial charge in [0.2, 0.25) is 0 Å². The second-order valence-electron chi connectivity index (χ2n) is 10.4. The van der Waals surface area contributed by atoms with Crippen molar-refractivity contribution in [3.8, 4) is 0 Å². The number of amides is 1. The van der Waals surface area contributed by atoms with Crippen LogP contribution in [0.2, 0.25) is 0 Å². The van der Waals surface area contributed by atoms with E-state index in [1.807, 2.05) is 19.9 Å². The molecule has 0 saturated carbocycles. The SMILES string of the molecule is CCC(CC)ON(C[C@@H](O)[C@H](Cc1ccccc1)N(C(=O)O)[C@H]1CO[C@H]2OCC[C@H]21)S(=O)(=O)c1cccc([N+](=O)[O-])c1. The molecular formula is C28H37N3O10S. The van der Waals surface area contributed by atoms with Crippen molar-refractivity contribution in [3.05, 3.63) is 70.3 Å². The fourth-order valence-corrected chi connectivity index (χ4v) is 6.82. The largest absolute Gasteiger partial charge is 0.465 e. The number of non-ortho nitro benzene ring substituents is 1. The van der Waals surface area contributed by atoms with Gasteiger partial charge in [-0.25, -0.2) is 13.2 Å². The molecule has 0 bridgehead atoms. The van der Waals surface area contributed by atoms with Crippen LogP contribution in [0.15, 0.2) is 59.5 Å². The van der Waals surface area contributed by atoms with E-state index in [-0.39, 0.29) is 23.8 Å². The summed E-state index contributed by atoms with van der Waals surface area (Å²) < 4.78 is 39.5. The molecule has 0 radical (unpaired) electrons. The van der Waals surface area contributed by atoms with E-state index in [9.17, 15) is 33.5 Å². The van der Waals surface area contributed by atoms with Gasteiger partial charge in [0.05, 0.1) is 53.9 Å². The Hall–Kier alpha value is -3.14. The van der Waals surface area contributed by atoms with Gasteiger partial charge in [0.1, 0.15) is 0 Å². The molecular weight excluding hydrogens is 570 g/mol. The van der Waals surface area contributed by atoms with Crippen LogP contribution in [0.3, 0.4) is 0 Å². The lowest BCUT2D eigenvalue weighted by atomic mass is 9.93. The van der Waals surface area contributed by atoms with Gasteiger partial charge in [0, 0.05) is 18.1 Å². The van der Waals surface area contributed by atoms with Crippen molar-refractivity contribution < 1.29 is 42.7 Å². The van der Waals surface area contributed by atoms with Crippen molar-refractivity contribution in [3.63, 3.8) is 0 Å². The third-order valence-electron chi connectivity index (χ3n) is 7.78. The molecule has 2 aliphatic heterocycles. The fraction of sp³-hybridized carbons (Fsp3) is 0.536. The van der Waals surface area contributed by atoms with Crippen molar-refractivity contribution in [2.75, 3.05) is 19.8 Å². The van der Waals surface area contributed by atoms with Crippen LogP contribution in [-0.4, -0.2) is 89.4 Å². The number of nitro groups is 1. The molecule has 4 rings (SSSR count). The van der Waals surface area contributed by atoms with Gasteiger partial charge in [-0.1, -0.05) is 54.7 Å². The number of rotatable bonds is 14. The Labute approximate surface area is 244 Å². The maximum absolute atomic E-state index is 13.8. The molecule has 0 aromatic heterocycles. The van der Waals surface area contributed by atoms with E-state index < -0.39 is 63.9 Å². The number of carboxylic acid groups (broad SMARTS) is 1. The Kier molecular flexibility index (Phi) is 10.5. The first-order valence-corrected chi connectivity index (χ1v) is 15.4. The lowest BCUT2D eigenvalue weighted by molar-refractivity contribution is -0.385. The van der Waals surface area contributed by atoms with Gasteiger partial charge in [-0.2, -0.15) is 0 Å². The predicted octanol–water partition coefficient (Wildman–Crippen LogP) is 3.42. The molecule has 13 nitrogen and oxygen atoms in total. The zero-order valence-corrected chi connectivity index (χ0v) is 24.3. The monoisotopic (exact) mass is 607 g/mol. The van der Waals surface area contributed by atoms with E-state index in [4.69, 9.17) is 14.3 Å². The van der Waals surface area contributed by atoms with Crippen LogP contribution in [0, 0.1) is 16.0 Å². The van der Waals surface area contributed by atoms with E-state index in [1.54, 1.807) is 24.3 Å². The molecule has 0 aliphatic carbocycles. The Morgan fingerprint density at radius 2 is 1.86 bits per heavy atom. The highest BCUT2D eigenvalue weighted by atomic mass is 32.2. The van der Waals surface area contributed by atoms with Crippen LogP contribution in [0.25, 0.3) is 0 Å². The number of sulfonamides is 1. The number of benzene rings is 2. The average Bonchev–Trinajstić information content (AvgIpc) is 3.60. The number of nitrogens with zero attached hydrogens (tertiary/aromatic N) is 3. The van der Waals surface area contributed by atoms with E-state index >= 15 is 0 Å². The first kappa shape index (κ1) is 31.8. The van der Waals surface area contributed by atoms with E-state index in [0.717, 1.165) is 16.5 Å². The lowest BCUT2D eigenvalue weighted by Gasteiger charge is -2.39. The molecule has 0 unspecified atom stereocenters. The zero-order chi connectivity index (χ0) is 30.4. The molecule has 2 aromatic carbocycles. The number of carbonyl (C=O) groups is 1. The number of aliphatic hydroxyl groups excluding tert-OH is 1. The highest BCUT2D eigenvalue weighted by Gasteiger charge is 2.49. The molecule has 2 fully saturated rings. The minimum Gasteiger partial charge on any atom is -0.465 e. The third-order valence-corrected chi connectivity index (χ3v) is 9.40. The summed E-state index contributed by atoms with van der Waals surface area (Å²) in [7, 11) is -4.52. The van der Waals surface area contributed by atoms with Crippen LogP contribution in [-0.2, 0) is 30.8 Å². The summed E-state index contributed by atoms with van der Waals surface area (Å²) in [5.41, 5.74) is 0.313. The van der Waals surface area contributed by atoms with Crippen molar-refractivity contribution in [2.45, 2.75) is 75.0 Å². The van der Waals surface area contributed by atoms with Crippen LogP contribution in [0.4, 0.5) is 10.5 Å². The molecule has 1 amide bonds. The smallest absolute Gasteiger partial charge is 0.407 e. The summed E-state index contributed by atoms with van der Waals surface area (Å²) in [6.45, 7) is 3.49. The topological polar surface area (TPSA) is 169 Å². The van der Waals surface area contributed by atoms with Crippen molar-refractivity contribution in [1.29, 1.82) is 0 Å². The maximum atomic E-state index is 13.8. The average molecular weight is 608 g/mol. The van der Waals surface area contributed by atoms with Crippen LogP contribution in [0.5, 0.6) is 0 Å². The molecule has 2 saturated heterocycles. The summed E-state index contributed by atoms with van der Waals surface area (Å²) in [6.07, 6.45) is -2.37. The van der Waals surface area contributed by atoms with Crippen LogP contribution in [0.1, 0.15) is 38.7 Å². The van der Waals surface area contributed by atoms with Crippen LogP contribution >= 0.6 is 0 Å². The quantitative estimate of drug-likeness (QED) is 0.240. The van der Waals surface area contributed by atoms with Crippen molar-refractivity contribution in [2.24, 2.45) is 5.92 Å². The number of hydrogen-bond donors (Lipinski definition) is 2. The third kappa shape index (κ3) is 7.07. The van der Waals surface area contributed by atoms with Gasteiger partial charge in [-0.05, 0) is 37.3 Å². The number of fused-ring (bicyclic) bond motifs is 1. The summed E-state index contributed by atoms with van der Waals surface area (Å²) >= 11 is 0. The molecule has 5 atom stereocenters. The second-order valence-corrected chi connectivity index (χ2v) is 12.2. The summed E-state index contributed by atoms with van der Waals surface area (Å²) in [4.78, 5) is 30.1. The minimum atomic E-state index is -4.52. The van der Waals surface area contributed by atoms with E-state index in [1.165, 1.54) is 18.2 Å². The Morgan fingerprint density at radius 1 is 1.14 bits per heavy atom. The molecule has 230 valence electrons. The van der Waals surface area contributed by atoms with E-state index in [0.29, 0.717) is 30.3 Å².